The Labute approximate surface area is 129 Å². The summed E-state index contributed by atoms with van der Waals surface area (Å²) < 4.78 is 78.8. The molecule has 128 valence electrons. The minimum absolute atomic E-state index is 0.175. The number of terminal acetylenes is 1. The van der Waals surface area contributed by atoms with Crippen molar-refractivity contribution < 1.29 is 35.9 Å². The van der Waals surface area contributed by atoms with Gasteiger partial charge in [-0.15, -0.1) is 6.42 Å². The summed E-state index contributed by atoms with van der Waals surface area (Å²) in [6.07, 6.45) is -4.38. The van der Waals surface area contributed by atoms with Crippen molar-refractivity contribution in [1.29, 1.82) is 0 Å². The molecule has 0 spiro atoms. The van der Waals surface area contributed by atoms with Gasteiger partial charge in [-0.05, 0) is 17.6 Å². The summed E-state index contributed by atoms with van der Waals surface area (Å²) in [4.78, 5) is 11.9. The van der Waals surface area contributed by atoms with E-state index in [9.17, 15) is 31.1 Å². The quantitative estimate of drug-likeness (QED) is 0.421. The van der Waals surface area contributed by atoms with E-state index in [-0.39, 0.29) is 6.08 Å². The fraction of sp³-hybridized carbons (Fsp3) is 0.533. The van der Waals surface area contributed by atoms with Crippen LogP contribution < -0.4 is 0 Å². The fourth-order valence-electron chi connectivity index (χ4n) is 2.25. The monoisotopic (exact) mass is 340 g/mol. The van der Waals surface area contributed by atoms with Crippen molar-refractivity contribution in [2.45, 2.75) is 32.5 Å². The first-order chi connectivity index (χ1) is 10.4. The van der Waals surface area contributed by atoms with Crippen molar-refractivity contribution in [3.05, 3.63) is 24.1 Å². The number of rotatable bonds is 5. The molecular formula is C15H14F6O2. The Morgan fingerprint density at radius 3 is 2.35 bits per heavy atom. The van der Waals surface area contributed by atoms with Gasteiger partial charge in [0, 0.05) is 5.92 Å². The fourth-order valence-corrected chi connectivity index (χ4v) is 2.25. The molecule has 23 heavy (non-hydrogen) atoms. The summed E-state index contributed by atoms with van der Waals surface area (Å²) in [6, 6.07) is 0. The lowest BCUT2D eigenvalue weighted by Gasteiger charge is -2.12. The molecule has 1 saturated carbocycles. The Morgan fingerprint density at radius 2 is 1.91 bits per heavy atom. The third kappa shape index (κ3) is 5.05. The predicted molar refractivity (Wildman–Crippen MR) is 69.6 cm³/mol. The van der Waals surface area contributed by atoms with Crippen molar-refractivity contribution in [2.24, 2.45) is 17.3 Å². The van der Waals surface area contributed by atoms with E-state index >= 15 is 0 Å². The first-order valence-corrected chi connectivity index (χ1v) is 6.52. The number of allylic oxidation sites excluding steroid dienone is 2. The molecule has 0 bridgehead atoms. The molecule has 0 radical (unpaired) electrons. The summed E-state index contributed by atoms with van der Waals surface area (Å²) in [7, 11) is 0. The predicted octanol–water partition coefficient (Wildman–Crippen LogP) is 4.39. The molecule has 1 aliphatic rings. The smallest absolute Gasteiger partial charge is 0.392 e. The number of hydrogen-bond acceptors (Lipinski definition) is 2. The first-order valence-electron chi connectivity index (χ1n) is 6.52. The van der Waals surface area contributed by atoms with Crippen LogP contribution in [0.1, 0.15) is 20.3 Å². The van der Waals surface area contributed by atoms with Crippen LogP contribution >= 0.6 is 0 Å². The van der Waals surface area contributed by atoms with Gasteiger partial charge in [0.25, 0.3) is 6.08 Å². The van der Waals surface area contributed by atoms with Crippen molar-refractivity contribution in [3.63, 3.8) is 0 Å². The van der Waals surface area contributed by atoms with E-state index in [0.29, 0.717) is 6.08 Å². The van der Waals surface area contributed by atoms with Crippen LogP contribution in [0, 0.1) is 29.6 Å². The number of alkyl halides is 3. The van der Waals surface area contributed by atoms with Crippen molar-refractivity contribution in [1.82, 2.24) is 0 Å². The Morgan fingerprint density at radius 1 is 1.35 bits per heavy atom. The van der Waals surface area contributed by atoms with E-state index in [0.717, 1.165) is 0 Å². The average molecular weight is 340 g/mol. The van der Waals surface area contributed by atoms with Crippen molar-refractivity contribution in [2.75, 3.05) is 0 Å². The van der Waals surface area contributed by atoms with Gasteiger partial charge in [0.1, 0.15) is 5.83 Å². The van der Waals surface area contributed by atoms with E-state index < -0.39 is 53.8 Å². The lowest BCUT2D eigenvalue weighted by molar-refractivity contribution is -0.148. The van der Waals surface area contributed by atoms with E-state index in [2.05, 4.69) is 4.74 Å². The number of esters is 1. The van der Waals surface area contributed by atoms with Gasteiger partial charge in [0.15, 0.2) is 0 Å². The molecule has 0 aromatic rings. The SMILES string of the molecule is C#CC(OC(=O)C1C(C=C(F)F)C1(C)C)C(F)=CCC(F)(F)F. The number of ether oxygens (including phenoxy) is 1. The van der Waals surface area contributed by atoms with Gasteiger partial charge in [-0.25, -0.2) is 4.39 Å². The van der Waals surface area contributed by atoms with Crippen LogP contribution in [0.25, 0.3) is 0 Å². The van der Waals surface area contributed by atoms with Gasteiger partial charge in [-0.1, -0.05) is 19.8 Å². The molecule has 8 heteroatoms. The van der Waals surface area contributed by atoms with E-state index in [4.69, 9.17) is 6.42 Å². The highest BCUT2D eigenvalue weighted by Gasteiger charge is 2.62. The van der Waals surface area contributed by atoms with Crippen molar-refractivity contribution >= 4 is 5.97 Å². The first kappa shape index (κ1) is 19.1. The van der Waals surface area contributed by atoms with Gasteiger partial charge in [0.2, 0.25) is 6.10 Å². The Balaban J connectivity index is 2.76. The largest absolute Gasteiger partial charge is 0.441 e. The lowest BCUT2D eigenvalue weighted by Crippen LogP contribution is -2.20. The molecule has 0 heterocycles. The summed E-state index contributed by atoms with van der Waals surface area (Å²) in [6.45, 7) is 3.06. The zero-order valence-corrected chi connectivity index (χ0v) is 12.3. The molecule has 0 saturated heterocycles. The molecule has 0 N–H and O–H groups in total. The van der Waals surface area contributed by atoms with Gasteiger partial charge >= 0.3 is 12.1 Å². The summed E-state index contributed by atoms with van der Waals surface area (Å²) in [5.74, 6) is -2.51. The molecule has 1 aliphatic carbocycles. The molecular weight excluding hydrogens is 326 g/mol. The Hall–Kier alpha value is -1.91. The van der Waals surface area contributed by atoms with Crippen LogP contribution in [0.3, 0.4) is 0 Å². The van der Waals surface area contributed by atoms with Crippen LogP contribution in [-0.4, -0.2) is 18.2 Å². The maximum absolute atomic E-state index is 13.6. The zero-order valence-electron chi connectivity index (χ0n) is 12.3. The minimum Gasteiger partial charge on any atom is -0.441 e. The summed E-state index contributed by atoms with van der Waals surface area (Å²) >= 11 is 0. The molecule has 0 amide bonds. The third-order valence-corrected chi connectivity index (χ3v) is 3.63. The third-order valence-electron chi connectivity index (χ3n) is 3.63. The van der Waals surface area contributed by atoms with Crippen LogP contribution in [0.5, 0.6) is 0 Å². The Bertz CT molecular complexity index is 563. The molecule has 2 nitrogen and oxygen atoms in total. The maximum atomic E-state index is 13.6. The van der Waals surface area contributed by atoms with Gasteiger partial charge in [-0.3, -0.25) is 4.79 Å². The highest BCUT2D eigenvalue weighted by Crippen LogP contribution is 2.60. The standard InChI is InChI=1S/C15H14F6O2/c1-4-10(9(16)5-6-15(19,20)21)23-13(22)12-8(7-11(17)18)14(12,2)3/h1,5,7-8,10,12H,6H2,2-3H3. The molecule has 1 rings (SSSR count). The molecule has 0 aliphatic heterocycles. The van der Waals surface area contributed by atoms with Crippen LogP contribution in [0.2, 0.25) is 0 Å². The van der Waals surface area contributed by atoms with Gasteiger partial charge in [0.05, 0.1) is 12.3 Å². The second-order valence-corrected chi connectivity index (χ2v) is 5.67. The molecule has 3 unspecified atom stereocenters. The normalized spacial score (nSPS) is 24.4. The molecule has 1 fully saturated rings. The molecule has 0 aromatic carbocycles. The minimum atomic E-state index is -4.63. The summed E-state index contributed by atoms with van der Waals surface area (Å²) in [5, 5.41) is 0. The highest BCUT2D eigenvalue weighted by atomic mass is 19.4. The van der Waals surface area contributed by atoms with Gasteiger partial charge in [-0.2, -0.15) is 22.0 Å². The number of halogens is 6. The van der Waals surface area contributed by atoms with Crippen LogP contribution in [0.4, 0.5) is 26.3 Å². The second kappa shape index (κ2) is 6.69. The zero-order chi connectivity index (χ0) is 18.0. The van der Waals surface area contributed by atoms with Crippen molar-refractivity contribution in [3.8, 4) is 12.3 Å². The van der Waals surface area contributed by atoms with E-state index in [1.54, 1.807) is 5.92 Å². The van der Waals surface area contributed by atoms with E-state index in [1.807, 2.05) is 0 Å². The number of carbonyl (C=O) groups is 1. The van der Waals surface area contributed by atoms with E-state index in [1.165, 1.54) is 13.8 Å². The van der Waals surface area contributed by atoms with Crippen LogP contribution in [-0.2, 0) is 9.53 Å². The molecule has 0 aromatic heterocycles. The topological polar surface area (TPSA) is 26.3 Å². The van der Waals surface area contributed by atoms with Crippen LogP contribution in [0.15, 0.2) is 24.1 Å². The Kier molecular flexibility index (Phi) is 5.56. The number of hydrogen-bond donors (Lipinski definition) is 0. The number of carbonyl (C=O) groups excluding carboxylic acids is 1. The maximum Gasteiger partial charge on any atom is 0.392 e. The van der Waals surface area contributed by atoms with Gasteiger partial charge < -0.3 is 4.74 Å². The second-order valence-electron chi connectivity index (χ2n) is 5.67. The average Bonchev–Trinajstić information content (AvgIpc) is 2.92. The molecule has 3 atom stereocenters. The lowest BCUT2D eigenvalue weighted by atomic mass is 10.1. The highest BCUT2D eigenvalue weighted by molar-refractivity contribution is 5.78. The summed E-state index contributed by atoms with van der Waals surface area (Å²) in [5.41, 5.74) is -0.828.